The normalized spacial score (nSPS) is 11.9. The molecule has 0 spiro atoms. The van der Waals surface area contributed by atoms with Crippen molar-refractivity contribution in [1.82, 2.24) is 5.32 Å². The van der Waals surface area contributed by atoms with Gasteiger partial charge in [0.1, 0.15) is 17.7 Å². The summed E-state index contributed by atoms with van der Waals surface area (Å²) in [6.07, 6.45) is 1.04. The molecule has 1 atom stereocenters. The van der Waals surface area contributed by atoms with Gasteiger partial charge in [-0.1, -0.05) is 13.3 Å². The molecule has 3 N–H and O–H groups in total. The van der Waals surface area contributed by atoms with E-state index in [1.165, 1.54) is 0 Å². The van der Waals surface area contributed by atoms with Crippen LogP contribution in [0, 0.1) is 11.6 Å². The van der Waals surface area contributed by atoms with Crippen molar-refractivity contribution in [2.45, 2.75) is 25.8 Å². The zero-order valence-electron chi connectivity index (χ0n) is 11.0. The van der Waals surface area contributed by atoms with Gasteiger partial charge < -0.3 is 10.4 Å². The molecule has 0 aromatic heterocycles. The highest BCUT2D eigenvalue weighted by atomic mass is 19.1. The fourth-order valence-electron chi connectivity index (χ4n) is 1.65. The lowest BCUT2D eigenvalue weighted by molar-refractivity contribution is -0.139. The van der Waals surface area contributed by atoms with Crippen molar-refractivity contribution >= 4 is 17.6 Å². The van der Waals surface area contributed by atoms with Gasteiger partial charge in [-0.2, -0.15) is 0 Å². The summed E-state index contributed by atoms with van der Waals surface area (Å²) in [7, 11) is 0. The van der Waals surface area contributed by atoms with Gasteiger partial charge in [-0.15, -0.1) is 0 Å². The molecule has 0 bridgehead atoms. The highest BCUT2D eigenvalue weighted by Gasteiger charge is 2.16. The van der Waals surface area contributed by atoms with Crippen molar-refractivity contribution in [2.24, 2.45) is 0 Å². The highest BCUT2D eigenvalue weighted by Crippen LogP contribution is 2.12. The Hall–Kier alpha value is -2.02. The summed E-state index contributed by atoms with van der Waals surface area (Å²) >= 11 is 0. The van der Waals surface area contributed by atoms with Gasteiger partial charge in [-0.25, -0.2) is 8.78 Å². The lowest BCUT2D eigenvalue weighted by Crippen LogP contribution is -2.41. The average molecular weight is 286 g/mol. The Morgan fingerprint density at radius 1 is 1.25 bits per heavy atom. The number of nitrogens with one attached hydrogen (secondary N) is 2. The topological polar surface area (TPSA) is 78.4 Å². The van der Waals surface area contributed by atoms with Crippen molar-refractivity contribution in [3.05, 3.63) is 29.8 Å². The minimum Gasteiger partial charge on any atom is -0.480 e. The van der Waals surface area contributed by atoms with Crippen molar-refractivity contribution in [1.29, 1.82) is 0 Å². The van der Waals surface area contributed by atoms with E-state index in [4.69, 9.17) is 5.11 Å². The van der Waals surface area contributed by atoms with E-state index in [9.17, 15) is 18.4 Å². The predicted molar refractivity (Wildman–Crippen MR) is 69.3 cm³/mol. The summed E-state index contributed by atoms with van der Waals surface area (Å²) in [6.45, 7) is 1.57. The molecule has 0 heterocycles. The predicted octanol–water partition coefficient (Wildman–Crippen LogP) is 1.75. The Kier molecular flexibility index (Phi) is 6.05. The molecule has 0 radical (unpaired) electrons. The molecule has 1 rings (SSSR count). The molecule has 5 nitrogen and oxygen atoms in total. The van der Waals surface area contributed by atoms with Crippen LogP contribution in [0.2, 0.25) is 0 Å². The number of carboxylic acids is 1. The second-order valence-electron chi connectivity index (χ2n) is 4.27. The summed E-state index contributed by atoms with van der Waals surface area (Å²) in [5.41, 5.74) is -0.0170. The van der Waals surface area contributed by atoms with Crippen LogP contribution < -0.4 is 10.6 Å². The zero-order chi connectivity index (χ0) is 15.1. The van der Waals surface area contributed by atoms with Gasteiger partial charge >= 0.3 is 5.97 Å². The zero-order valence-corrected chi connectivity index (χ0v) is 11.0. The van der Waals surface area contributed by atoms with Crippen LogP contribution in [-0.4, -0.2) is 29.6 Å². The molecular weight excluding hydrogens is 270 g/mol. The van der Waals surface area contributed by atoms with Crippen LogP contribution in [-0.2, 0) is 9.59 Å². The third-order valence-electron chi connectivity index (χ3n) is 2.53. The van der Waals surface area contributed by atoms with Crippen molar-refractivity contribution in [3.8, 4) is 0 Å². The second-order valence-corrected chi connectivity index (χ2v) is 4.27. The molecule has 110 valence electrons. The summed E-state index contributed by atoms with van der Waals surface area (Å²) < 4.78 is 25.8. The maximum atomic E-state index is 12.9. The van der Waals surface area contributed by atoms with Crippen LogP contribution in [0.25, 0.3) is 0 Å². The fraction of sp³-hybridized carbons (Fsp3) is 0.385. The molecule has 20 heavy (non-hydrogen) atoms. The van der Waals surface area contributed by atoms with Gasteiger partial charge in [0.05, 0.1) is 6.54 Å². The molecule has 7 heteroatoms. The number of carbonyl (C=O) groups is 2. The Labute approximate surface area is 115 Å². The largest absolute Gasteiger partial charge is 0.480 e. The highest BCUT2D eigenvalue weighted by molar-refractivity contribution is 5.92. The van der Waals surface area contributed by atoms with E-state index in [0.717, 1.165) is 12.1 Å². The minimum atomic E-state index is -1.04. The Balaban J connectivity index is 2.52. The van der Waals surface area contributed by atoms with Gasteiger partial charge in [0.15, 0.2) is 0 Å². The first-order valence-corrected chi connectivity index (χ1v) is 6.14. The molecule has 0 aliphatic rings. The summed E-state index contributed by atoms with van der Waals surface area (Å²) in [4.78, 5) is 22.4. The molecular formula is C13H16F2N2O3. The van der Waals surface area contributed by atoms with Crippen molar-refractivity contribution in [3.63, 3.8) is 0 Å². The number of benzene rings is 1. The van der Waals surface area contributed by atoms with Crippen LogP contribution in [0.5, 0.6) is 0 Å². The van der Waals surface area contributed by atoms with Crippen LogP contribution in [0.3, 0.4) is 0 Å². The van der Waals surface area contributed by atoms with Gasteiger partial charge in [0, 0.05) is 11.8 Å². The fourth-order valence-corrected chi connectivity index (χ4v) is 1.65. The van der Waals surface area contributed by atoms with E-state index >= 15 is 0 Å². The average Bonchev–Trinajstić information content (AvgIpc) is 2.32. The number of aliphatic carboxylic acids is 1. The third-order valence-corrected chi connectivity index (χ3v) is 2.53. The smallest absolute Gasteiger partial charge is 0.320 e. The quantitative estimate of drug-likeness (QED) is 0.713. The number of anilines is 1. The molecule has 0 aliphatic heterocycles. The number of halogens is 2. The lowest BCUT2D eigenvalue weighted by Gasteiger charge is -2.13. The maximum absolute atomic E-state index is 12.9. The van der Waals surface area contributed by atoms with Crippen LogP contribution in [0.4, 0.5) is 14.5 Å². The molecule has 1 amide bonds. The molecule has 0 fully saturated rings. The van der Waals surface area contributed by atoms with E-state index in [1.54, 1.807) is 0 Å². The second kappa shape index (κ2) is 7.54. The molecule has 1 unspecified atom stereocenters. The first-order valence-electron chi connectivity index (χ1n) is 6.14. The van der Waals surface area contributed by atoms with Crippen molar-refractivity contribution in [2.75, 3.05) is 11.9 Å². The minimum absolute atomic E-state index is 0.0170. The first kappa shape index (κ1) is 16.0. The Morgan fingerprint density at radius 2 is 1.85 bits per heavy atom. The SMILES string of the molecule is CCCC(NCC(=O)Nc1cc(F)cc(F)c1)C(=O)O. The Bertz CT molecular complexity index is 474. The molecule has 1 aromatic rings. The van der Waals surface area contributed by atoms with E-state index in [0.29, 0.717) is 18.9 Å². The lowest BCUT2D eigenvalue weighted by atomic mass is 10.2. The van der Waals surface area contributed by atoms with Gasteiger partial charge in [-0.05, 0) is 18.6 Å². The molecule has 1 aromatic carbocycles. The van der Waals surface area contributed by atoms with E-state index < -0.39 is 29.6 Å². The van der Waals surface area contributed by atoms with Gasteiger partial charge in [0.2, 0.25) is 5.91 Å². The van der Waals surface area contributed by atoms with Crippen LogP contribution in [0.1, 0.15) is 19.8 Å². The van der Waals surface area contributed by atoms with Crippen molar-refractivity contribution < 1.29 is 23.5 Å². The van der Waals surface area contributed by atoms with E-state index in [2.05, 4.69) is 10.6 Å². The summed E-state index contributed by atoms with van der Waals surface area (Å²) in [5, 5.41) is 13.7. The number of hydrogen-bond donors (Lipinski definition) is 3. The van der Waals surface area contributed by atoms with E-state index in [-0.39, 0.29) is 12.2 Å². The van der Waals surface area contributed by atoms with Gasteiger partial charge in [-0.3, -0.25) is 14.9 Å². The molecule has 0 aliphatic carbocycles. The van der Waals surface area contributed by atoms with E-state index in [1.807, 2.05) is 6.92 Å². The van der Waals surface area contributed by atoms with Crippen LogP contribution >= 0.6 is 0 Å². The molecule has 0 saturated carbocycles. The molecule has 0 saturated heterocycles. The van der Waals surface area contributed by atoms with Gasteiger partial charge in [0.25, 0.3) is 0 Å². The number of carbonyl (C=O) groups excluding carboxylic acids is 1. The number of carboxylic acid groups (broad SMARTS) is 1. The number of amides is 1. The maximum Gasteiger partial charge on any atom is 0.320 e. The Morgan fingerprint density at radius 3 is 2.35 bits per heavy atom. The standard InChI is InChI=1S/C13H16F2N2O3/c1-2-3-11(13(19)20)16-7-12(18)17-10-5-8(14)4-9(15)6-10/h4-6,11,16H,2-3,7H2,1H3,(H,17,18)(H,19,20). The number of rotatable bonds is 7. The van der Waals surface area contributed by atoms with Crippen LogP contribution in [0.15, 0.2) is 18.2 Å². The first-order chi connectivity index (χ1) is 9.42. The monoisotopic (exact) mass is 286 g/mol. The summed E-state index contributed by atoms with van der Waals surface area (Å²) in [6, 6.07) is 1.81. The number of hydrogen-bond acceptors (Lipinski definition) is 3. The summed E-state index contributed by atoms with van der Waals surface area (Å²) in [5.74, 6) is -3.22. The third kappa shape index (κ3) is 5.31.